The van der Waals surface area contributed by atoms with E-state index in [9.17, 15) is 0 Å². The molecule has 1 aliphatic rings. The SMILES string of the molecule is CC(C)c1n[nH]c(C2C(C)(C)C2(C)C)n1. The first-order valence-electron chi connectivity index (χ1n) is 5.70. The molecule has 84 valence electrons. The standard InChI is InChI=1S/C12H21N3/c1-7(2)9-13-10(15-14-9)8-11(3,4)12(8,5)6/h7-8H,1-6H3,(H,13,14,15). The molecule has 0 atom stereocenters. The second kappa shape index (κ2) is 2.83. The van der Waals surface area contributed by atoms with Crippen LogP contribution in [0, 0.1) is 10.8 Å². The van der Waals surface area contributed by atoms with Crippen molar-refractivity contribution in [3.63, 3.8) is 0 Å². The van der Waals surface area contributed by atoms with Gasteiger partial charge in [0.1, 0.15) is 5.82 Å². The van der Waals surface area contributed by atoms with Crippen molar-refractivity contribution in [2.24, 2.45) is 10.8 Å². The quantitative estimate of drug-likeness (QED) is 0.809. The third-order valence-electron chi connectivity index (χ3n) is 4.33. The minimum Gasteiger partial charge on any atom is -0.263 e. The number of aromatic nitrogens is 3. The van der Waals surface area contributed by atoms with E-state index >= 15 is 0 Å². The van der Waals surface area contributed by atoms with Crippen molar-refractivity contribution < 1.29 is 0 Å². The summed E-state index contributed by atoms with van der Waals surface area (Å²) < 4.78 is 0. The van der Waals surface area contributed by atoms with Crippen molar-refractivity contribution >= 4 is 0 Å². The Labute approximate surface area is 91.7 Å². The topological polar surface area (TPSA) is 41.6 Å². The minimum absolute atomic E-state index is 0.334. The molecule has 0 aliphatic heterocycles. The molecule has 0 saturated heterocycles. The molecule has 0 amide bonds. The Bertz CT molecular complexity index is 360. The largest absolute Gasteiger partial charge is 0.263 e. The van der Waals surface area contributed by atoms with Crippen LogP contribution < -0.4 is 0 Å². The van der Waals surface area contributed by atoms with Crippen LogP contribution in [0.1, 0.15) is 65.0 Å². The minimum atomic E-state index is 0.334. The number of hydrogen-bond acceptors (Lipinski definition) is 2. The Morgan fingerprint density at radius 2 is 1.67 bits per heavy atom. The van der Waals surface area contributed by atoms with E-state index in [0.717, 1.165) is 11.6 Å². The van der Waals surface area contributed by atoms with Crippen LogP contribution in [0.15, 0.2) is 0 Å². The highest BCUT2D eigenvalue weighted by atomic mass is 15.2. The zero-order valence-corrected chi connectivity index (χ0v) is 10.5. The Morgan fingerprint density at radius 1 is 1.13 bits per heavy atom. The second-order valence-corrected chi connectivity index (χ2v) is 6.11. The Kier molecular flexibility index (Phi) is 2.01. The summed E-state index contributed by atoms with van der Waals surface area (Å²) in [6.45, 7) is 13.4. The summed E-state index contributed by atoms with van der Waals surface area (Å²) in [5.74, 6) is 2.92. The first kappa shape index (κ1) is 10.7. The van der Waals surface area contributed by atoms with Crippen molar-refractivity contribution in [2.75, 3.05) is 0 Å². The fourth-order valence-electron chi connectivity index (χ4n) is 2.56. The fraction of sp³-hybridized carbons (Fsp3) is 0.833. The van der Waals surface area contributed by atoms with Crippen molar-refractivity contribution in [3.05, 3.63) is 11.6 Å². The van der Waals surface area contributed by atoms with Crippen molar-refractivity contribution in [1.29, 1.82) is 0 Å². The van der Waals surface area contributed by atoms with Crippen LogP contribution in [0.2, 0.25) is 0 Å². The van der Waals surface area contributed by atoms with Gasteiger partial charge in [-0.05, 0) is 10.8 Å². The first-order valence-corrected chi connectivity index (χ1v) is 5.70. The number of rotatable bonds is 2. The summed E-state index contributed by atoms with van der Waals surface area (Å²) in [4.78, 5) is 4.60. The van der Waals surface area contributed by atoms with Crippen LogP contribution in [-0.2, 0) is 0 Å². The average molecular weight is 207 g/mol. The highest BCUT2D eigenvalue weighted by molar-refractivity contribution is 5.26. The summed E-state index contributed by atoms with van der Waals surface area (Å²) >= 11 is 0. The molecule has 1 aromatic rings. The van der Waals surface area contributed by atoms with Gasteiger partial charge in [0.05, 0.1) is 0 Å². The number of nitrogens with one attached hydrogen (secondary N) is 1. The van der Waals surface area contributed by atoms with Gasteiger partial charge in [-0.15, -0.1) is 0 Å². The number of aromatic amines is 1. The molecule has 1 heterocycles. The maximum absolute atomic E-state index is 4.60. The maximum Gasteiger partial charge on any atom is 0.153 e. The van der Waals surface area contributed by atoms with Crippen LogP contribution in [-0.4, -0.2) is 15.2 Å². The normalized spacial score (nSPS) is 23.4. The zero-order chi connectivity index (χ0) is 11.4. The Morgan fingerprint density at radius 3 is 2.00 bits per heavy atom. The smallest absolute Gasteiger partial charge is 0.153 e. The summed E-state index contributed by atoms with van der Waals surface area (Å²) in [6.07, 6.45) is 0. The van der Waals surface area contributed by atoms with E-state index in [1.54, 1.807) is 0 Å². The van der Waals surface area contributed by atoms with Crippen LogP contribution in [0.3, 0.4) is 0 Å². The molecule has 0 bridgehead atoms. The fourth-order valence-corrected chi connectivity index (χ4v) is 2.56. The van der Waals surface area contributed by atoms with Gasteiger partial charge in [0.25, 0.3) is 0 Å². The number of nitrogens with zero attached hydrogens (tertiary/aromatic N) is 2. The first-order chi connectivity index (χ1) is 6.78. The van der Waals surface area contributed by atoms with Crippen molar-refractivity contribution in [2.45, 2.75) is 53.4 Å². The third-order valence-corrected chi connectivity index (χ3v) is 4.33. The monoisotopic (exact) mass is 207 g/mol. The number of hydrogen-bond donors (Lipinski definition) is 1. The molecule has 1 saturated carbocycles. The highest BCUT2D eigenvalue weighted by Crippen LogP contribution is 2.72. The van der Waals surface area contributed by atoms with E-state index in [1.165, 1.54) is 0 Å². The second-order valence-electron chi connectivity index (χ2n) is 6.11. The van der Waals surface area contributed by atoms with Gasteiger partial charge in [0.2, 0.25) is 0 Å². The molecule has 1 aromatic heterocycles. The van der Waals surface area contributed by atoms with Gasteiger partial charge in [-0.25, -0.2) is 4.98 Å². The summed E-state index contributed by atoms with van der Waals surface area (Å²) in [5.41, 5.74) is 0.668. The van der Waals surface area contributed by atoms with E-state index in [-0.39, 0.29) is 0 Å². The molecule has 1 aliphatic carbocycles. The summed E-state index contributed by atoms with van der Waals surface area (Å²) in [7, 11) is 0. The Balaban J connectivity index is 2.26. The molecule has 0 aromatic carbocycles. The number of H-pyrrole nitrogens is 1. The molecule has 0 unspecified atom stereocenters. The van der Waals surface area contributed by atoms with Crippen molar-refractivity contribution in [1.82, 2.24) is 15.2 Å². The van der Waals surface area contributed by atoms with Crippen LogP contribution in [0.25, 0.3) is 0 Å². The van der Waals surface area contributed by atoms with E-state index in [4.69, 9.17) is 0 Å². The van der Waals surface area contributed by atoms with Gasteiger partial charge in [-0.2, -0.15) is 5.10 Å². The maximum atomic E-state index is 4.60. The Hall–Kier alpha value is -0.860. The molecule has 15 heavy (non-hydrogen) atoms. The van der Waals surface area contributed by atoms with Gasteiger partial charge in [0, 0.05) is 11.8 Å². The van der Waals surface area contributed by atoms with Gasteiger partial charge in [0.15, 0.2) is 5.82 Å². The molecule has 0 radical (unpaired) electrons. The molecule has 3 nitrogen and oxygen atoms in total. The molecular formula is C12H21N3. The predicted octanol–water partition coefficient (Wildman–Crippen LogP) is 3.08. The summed E-state index contributed by atoms with van der Waals surface area (Å²) in [5, 5.41) is 7.37. The molecule has 1 fully saturated rings. The van der Waals surface area contributed by atoms with Crippen LogP contribution >= 0.6 is 0 Å². The highest BCUT2D eigenvalue weighted by Gasteiger charge is 2.66. The van der Waals surface area contributed by atoms with E-state index in [0.29, 0.717) is 22.7 Å². The van der Waals surface area contributed by atoms with Gasteiger partial charge >= 0.3 is 0 Å². The van der Waals surface area contributed by atoms with Gasteiger partial charge < -0.3 is 0 Å². The average Bonchev–Trinajstić information content (AvgIpc) is 2.52. The predicted molar refractivity (Wildman–Crippen MR) is 60.8 cm³/mol. The van der Waals surface area contributed by atoms with E-state index < -0.39 is 0 Å². The summed E-state index contributed by atoms with van der Waals surface area (Å²) in [6, 6.07) is 0. The van der Waals surface area contributed by atoms with Gasteiger partial charge in [-0.3, -0.25) is 5.10 Å². The molecule has 2 rings (SSSR count). The van der Waals surface area contributed by atoms with Crippen LogP contribution in [0.4, 0.5) is 0 Å². The molecule has 1 N–H and O–H groups in total. The van der Waals surface area contributed by atoms with Crippen LogP contribution in [0.5, 0.6) is 0 Å². The zero-order valence-electron chi connectivity index (χ0n) is 10.5. The van der Waals surface area contributed by atoms with Gasteiger partial charge in [-0.1, -0.05) is 41.5 Å². The molecular weight excluding hydrogens is 186 g/mol. The molecule has 0 spiro atoms. The lowest BCUT2D eigenvalue weighted by atomic mass is 10.0. The lowest BCUT2D eigenvalue weighted by molar-refractivity contribution is 0.457. The van der Waals surface area contributed by atoms with Crippen molar-refractivity contribution in [3.8, 4) is 0 Å². The lowest BCUT2D eigenvalue weighted by Crippen LogP contribution is -1.95. The van der Waals surface area contributed by atoms with E-state index in [1.807, 2.05) is 0 Å². The lowest BCUT2D eigenvalue weighted by Gasteiger charge is -2.03. The third kappa shape index (κ3) is 1.32. The van der Waals surface area contributed by atoms with E-state index in [2.05, 4.69) is 56.7 Å². The molecule has 3 heteroatoms.